The molecule has 0 spiro atoms. The summed E-state index contributed by atoms with van der Waals surface area (Å²) in [5, 5.41) is 2.82. The van der Waals surface area contributed by atoms with Crippen molar-refractivity contribution in [3.05, 3.63) is 28.2 Å². The van der Waals surface area contributed by atoms with Crippen LogP contribution in [0.15, 0.2) is 22.7 Å². The number of nitrogens with zero attached hydrogens (tertiary/aromatic N) is 1. The molecule has 0 fully saturated rings. The molecule has 0 saturated carbocycles. The minimum absolute atomic E-state index is 0.00464. The van der Waals surface area contributed by atoms with Gasteiger partial charge in [-0.3, -0.25) is 9.59 Å². The van der Waals surface area contributed by atoms with Gasteiger partial charge in [-0.2, -0.15) is 0 Å². The van der Waals surface area contributed by atoms with E-state index in [9.17, 15) is 9.59 Å². The normalized spacial score (nSPS) is 11.0. The maximum absolute atomic E-state index is 12.4. The van der Waals surface area contributed by atoms with Crippen LogP contribution in [0.2, 0.25) is 0 Å². The van der Waals surface area contributed by atoms with Crippen LogP contribution in [0.3, 0.4) is 0 Å². The summed E-state index contributed by atoms with van der Waals surface area (Å²) >= 11 is 3.33. The number of halogens is 1. The molecule has 6 heteroatoms. The molecule has 0 aliphatic heterocycles. The van der Waals surface area contributed by atoms with Crippen molar-refractivity contribution < 1.29 is 14.3 Å². The lowest BCUT2D eigenvalue weighted by molar-refractivity contribution is -0.122. The molecule has 0 unspecified atom stereocenters. The number of hydrogen-bond donors (Lipinski definition) is 1. The second-order valence-corrected chi connectivity index (χ2v) is 6.72. The van der Waals surface area contributed by atoms with Crippen molar-refractivity contribution in [2.45, 2.75) is 26.3 Å². The Kier molecular flexibility index (Phi) is 5.78. The molecule has 0 atom stereocenters. The third-order valence-electron chi connectivity index (χ3n) is 2.64. The summed E-state index contributed by atoms with van der Waals surface area (Å²) in [7, 11) is 3.09. The zero-order chi connectivity index (χ0) is 16.2. The number of ether oxygens (including phenoxy) is 1. The Balaban J connectivity index is 2.81. The summed E-state index contributed by atoms with van der Waals surface area (Å²) in [6.45, 7) is 5.68. The van der Waals surface area contributed by atoms with Crippen LogP contribution < -0.4 is 10.1 Å². The topological polar surface area (TPSA) is 58.6 Å². The molecule has 1 aromatic carbocycles. The third kappa shape index (κ3) is 5.38. The zero-order valence-corrected chi connectivity index (χ0v) is 14.6. The summed E-state index contributed by atoms with van der Waals surface area (Å²) in [4.78, 5) is 25.6. The fraction of sp³-hybridized carbons (Fsp3) is 0.467. The van der Waals surface area contributed by atoms with Crippen molar-refractivity contribution in [2.75, 3.05) is 20.7 Å². The van der Waals surface area contributed by atoms with Crippen molar-refractivity contribution in [1.82, 2.24) is 10.2 Å². The zero-order valence-electron chi connectivity index (χ0n) is 13.0. The van der Waals surface area contributed by atoms with Crippen molar-refractivity contribution in [1.29, 1.82) is 0 Å². The number of carbonyl (C=O) groups excluding carboxylic acids is 2. The van der Waals surface area contributed by atoms with Crippen LogP contribution in [0, 0.1) is 0 Å². The monoisotopic (exact) mass is 356 g/mol. The first-order valence-corrected chi connectivity index (χ1v) is 7.33. The third-order valence-corrected chi connectivity index (χ3v) is 3.13. The van der Waals surface area contributed by atoms with Gasteiger partial charge in [-0.05, 0) is 39.0 Å². The molecule has 0 aliphatic rings. The number of carbonyl (C=O) groups is 2. The number of hydrogen-bond acceptors (Lipinski definition) is 3. The molecule has 0 radical (unpaired) electrons. The first-order chi connectivity index (χ1) is 9.64. The second kappa shape index (κ2) is 6.93. The predicted molar refractivity (Wildman–Crippen MR) is 85.6 cm³/mol. The average molecular weight is 357 g/mol. The van der Waals surface area contributed by atoms with Gasteiger partial charge in [-0.1, -0.05) is 15.9 Å². The maximum atomic E-state index is 12.4. The van der Waals surface area contributed by atoms with Crippen LogP contribution in [0.5, 0.6) is 5.75 Å². The minimum Gasteiger partial charge on any atom is -0.496 e. The standard InChI is InChI=1S/C15H21BrN2O3/c1-15(2,3)17-13(19)9-18(4)14(20)11-7-6-10(16)8-12(11)21-5/h6-8H,9H2,1-5H3,(H,17,19). The second-order valence-electron chi connectivity index (χ2n) is 5.80. The van der Waals surface area contributed by atoms with E-state index in [0.717, 1.165) is 4.47 Å². The van der Waals surface area contributed by atoms with Gasteiger partial charge in [0.2, 0.25) is 5.91 Å². The van der Waals surface area contributed by atoms with E-state index in [-0.39, 0.29) is 23.9 Å². The Morgan fingerprint density at radius 3 is 2.48 bits per heavy atom. The van der Waals surface area contributed by atoms with Crippen LogP contribution >= 0.6 is 15.9 Å². The first kappa shape index (κ1) is 17.5. The van der Waals surface area contributed by atoms with Crippen LogP contribution in [0.1, 0.15) is 31.1 Å². The number of nitrogens with one attached hydrogen (secondary N) is 1. The Bertz CT molecular complexity index is 538. The van der Waals surface area contributed by atoms with Crippen LogP contribution in [0.25, 0.3) is 0 Å². The number of methoxy groups -OCH3 is 1. The molecule has 5 nitrogen and oxygen atoms in total. The lowest BCUT2D eigenvalue weighted by Gasteiger charge is -2.23. The van der Waals surface area contributed by atoms with Gasteiger partial charge in [-0.25, -0.2) is 0 Å². The van der Waals surface area contributed by atoms with E-state index in [1.165, 1.54) is 12.0 Å². The Labute approximate surface area is 133 Å². The van der Waals surface area contributed by atoms with E-state index in [2.05, 4.69) is 21.2 Å². The van der Waals surface area contributed by atoms with Crippen molar-refractivity contribution in [2.24, 2.45) is 0 Å². The van der Waals surface area contributed by atoms with Crippen molar-refractivity contribution in [3.63, 3.8) is 0 Å². The number of amides is 2. The van der Waals surface area contributed by atoms with E-state index in [1.807, 2.05) is 20.8 Å². The highest BCUT2D eigenvalue weighted by molar-refractivity contribution is 9.10. The van der Waals surface area contributed by atoms with Gasteiger partial charge in [0.15, 0.2) is 0 Å². The lowest BCUT2D eigenvalue weighted by Crippen LogP contribution is -2.46. The summed E-state index contributed by atoms with van der Waals surface area (Å²) in [5.41, 5.74) is 0.0998. The van der Waals surface area contributed by atoms with Crippen molar-refractivity contribution >= 4 is 27.7 Å². The molecule has 0 bridgehead atoms. The molecular formula is C15H21BrN2O3. The first-order valence-electron chi connectivity index (χ1n) is 6.54. The summed E-state index contributed by atoms with van der Waals surface area (Å²) in [5.74, 6) is 0.00953. The predicted octanol–water partition coefficient (Wildman–Crippen LogP) is 2.44. The smallest absolute Gasteiger partial charge is 0.257 e. The molecule has 1 N–H and O–H groups in total. The number of rotatable bonds is 4. The lowest BCUT2D eigenvalue weighted by atomic mass is 10.1. The van der Waals surface area contributed by atoms with Crippen molar-refractivity contribution in [3.8, 4) is 5.75 Å². The molecule has 2 amide bonds. The molecular weight excluding hydrogens is 336 g/mol. The van der Waals surface area contributed by atoms with Crippen LogP contribution in [-0.4, -0.2) is 43.0 Å². The molecule has 0 aromatic heterocycles. The fourth-order valence-electron chi connectivity index (χ4n) is 1.79. The fourth-order valence-corrected chi connectivity index (χ4v) is 2.13. The van der Waals surface area contributed by atoms with Crippen LogP contribution in [0.4, 0.5) is 0 Å². The Morgan fingerprint density at radius 1 is 1.33 bits per heavy atom. The highest BCUT2D eigenvalue weighted by Crippen LogP contribution is 2.24. The van der Waals surface area contributed by atoms with Crippen LogP contribution in [-0.2, 0) is 4.79 Å². The highest BCUT2D eigenvalue weighted by atomic mass is 79.9. The number of likely N-dealkylation sites (N-methyl/N-ethyl adjacent to an activating group) is 1. The molecule has 0 heterocycles. The van der Waals surface area contributed by atoms with Gasteiger partial charge in [-0.15, -0.1) is 0 Å². The molecule has 1 rings (SSSR count). The van der Waals surface area contributed by atoms with Gasteiger partial charge >= 0.3 is 0 Å². The van der Waals surface area contributed by atoms with Gasteiger partial charge in [0.05, 0.1) is 19.2 Å². The van der Waals surface area contributed by atoms with Gasteiger partial charge in [0.1, 0.15) is 5.75 Å². The summed E-state index contributed by atoms with van der Waals surface area (Å²) < 4.78 is 6.03. The van der Waals surface area contributed by atoms with Gasteiger partial charge in [0.25, 0.3) is 5.91 Å². The van der Waals surface area contributed by atoms with Gasteiger partial charge < -0.3 is 15.0 Å². The quantitative estimate of drug-likeness (QED) is 0.901. The summed E-state index contributed by atoms with van der Waals surface area (Å²) in [6, 6.07) is 5.15. The SMILES string of the molecule is COc1cc(Br)ccc1C(=O)N(C)CC(=O)NC(C)(C)C. The average Bonchev–Trinajstić information content (AvgIpc) is 2.35. The molecule has 0 aliphatic carbocycles. The van der Waals surface area contributed by atoms with E-state index < -0.39 is 0 Å². The Hall–Kier alpha value is -1.56. The molecule has 116 valence electrons. The van der Waals surface area contributed by atoms with Gasteiger partial charge in [0, 0.05) is 17.1 Å². The molecule has 21 heavy (non-hydrogen) atoms. The number of benzene rings is 1. The molecule has 0 saturated heterocycles. The van der Waals surface area contributed by atoms with E-state index in [4.69, 9.17) is 4.74 Å². The van der Waals surface area contributed by atoms with E-state index >= 15 is 0 Å². The minimum atomic E-state index is -0.323. The summed E-state index contributed by atoms with van der Waals surface area (Å²) in [6.07, 6.45) is 0. The Morgan fingerprint density at radius 2 is 1.95 bits per heavy atom. The highest BCUT2D eigenvalue weighted by Gasteiger charge is 2.21. The van der Waals surface area contributed by atoms with E-state index in [0.29, 0.717) is 11.3 Å². The maximum Gasteiger partial charge on any atom is 0.257 e. The molecule has 1 aromatic rings. The largest absolute Gasteiger partial charge is 0.496 e. The van der Waals surface area contributed by atoms with E-state index in [1.54, 1.807) is 25.2 Å².